The van der Waals surface area contributed by atoms with Crippen molar-refractivity contribution in [2.24, 2.45) is 5.92 Å². The van der Waals surface area contributed by atoms with E-state index in [1.807, 2.05) is 0 Å². The van der Waals surface area contributed by atoms with Gasteiger partial charge in [0, 0.05) is 30.5 Å². The molecule has 57 heavy (non-hydrogen) atoms. The molecule has 18 heteroatoms. The van der Waals surface area contributed by atoms with E-state index in [0.717, 1.165) is 4.90 Å². The van der Waals surface area contributed by atoms with Crippen LogP contribution in [0.5, 0.6) is 0 Å². The number of benzene rings is 1. The number of esters is 1. The van der Waals surface area contributed by atoms with Gasteiger partial charge in [-0.15, -0.1) is 0 Å². The third kappa shape index (κ3) is 9.94. The Bertz CT molecular complexity index is 1960. The lowest BCUT2D eigenvalue weighted by Gasteiger charge is -2.31. The number of sulfonamides is 1. The van der Waals surface area contributed by atoms with Crippen LogP contribution in [-0.2, 0) is 56.5 Å². The van der Waals surface area contributed by atoms with Crippen molar-refractivity contribution in [3.05, 3.63) is 59.4 Å². The summed E-state index contributed by atoms with van der Waals surface area (Å²) in [6.07, 6.45) is 4.18. The van der Waals surface area contributed by atoms with Crippen molar-refractivity contribution in [2.75, 3.05) is 6.54 Å². The Hall–Kier alpha value is -5.00. The first kappa shape index (κ1) is 41.6. The molecule has 6 atom stereocenters. The predicted molar refractivity (Wildman–Crippen MR) is 201 cm³/mol. The lowest BCUT2D eigenvalue weighted by molar-refractivity contribution is -0.144. The zero-order chi connectivity index (χ0) is 41.3. The summed E-state index contributed by atoms with van der Waals surface area (Å²) in [4.78, 5) is 84.2. The van der Waals surface area contributed by atoms with Gasteiger partial charge in [0.25, 0.3) is 5.91 Å². The first-order valence-electron chi connectivity index (χ1n) is 19.3. The number of hydrogen-bond donors (Lipinski definition) is 3. The molecule has 1 saturated heterocycles. The largest absolute Gasteiger partial charge is 0.459 e. The van der Waals surface area contributed by atoms with Gasteiger partial charge in [-0.2, -0.15) is 0 Å². The fourth-order valence-corrected chi connectivity index (χ4v) is 8.84. The van der Waals surface area contributed by atoms with Crippen molar-refractivity contribution in [1.29, 1.82) is 0 Å². The number of fused-ring (bicyclic) bond motifs is 3. The highest BCUT2D eigenvalue weighted by molar-refractivity contribution is 7.91. The standard InChI is InChI=1S/C39H50FN5O11S/c1-5-9-32(46)54-25-12-7-6-11-24-19-39(24,35(49)43-57(52,53)27-15-16-27)42-33(47)31-18-26(55-37(51)44-20-23-10-8-13-29(40)28(23)22-44)21-45(31)34(48)30(17-14-25)41-36(50)56-38(2,3)4/h5-6,8-11,13,24-27,30-31H,7,12,14-22H2,1-4H3,(H,41,50)(H,42,47)(H,43,49)/t24-,25?,26-,30+,31+,39-/m1/s1. The van der Waals surface area contributed by atoms with Crippen LogP contribution in [-0.4, -0.2) is 101 Å². The molecule has 5 aliphatic rings. The Balaban J connectivity index is 1.30. The first-order chi connectivity index (χ1) is 26.9. The van der Waals surface area contributed by atoms with Crippen molar-refractivity contribution in [3.8, 4) is 0 Å². The molecule has 2 saturated carbocycles. The van der Waals surface area contributed by atoms with E-state index in [0.29, 0.717) is 36.8 Å². The van der Waals surface area contributed by atoms with Crippen molar-refractivity contribution in [3.63, 3.8) is 0 Å². The maximum Gasteiger partial charge on any atom is 0.410 e. The zero-order valence-corrected chi connectivity index (χ0v) is 33.3. The van der Waals surface area contributed by atoms with Gasteiger partial charge in [0.15, 0.2) is 0 Å². The molecule has 0 bridgehead atoms. The summed E-state index contributed by atoms with van der Waals surface area (Å²) in [6.45, 7) is 6.35. The van der Waals surface area contributed by atoms with Crippen LogP contribution in [0.1, 0.15) is 90.2 Å². The molecule has 3 fully saturated rings. The van der Waals surface area contributed by atoms with Gasteiger partial charge in [0.2, 0.25) is 21.8 Å². The second-order valence-electron chi connectivity index (χ2n) is 16.3. The number of hydrogen-bond acceptors (Lipinski definition) is 11. The number of amides is 5. The molecule has 310 valence electrons. The van der Waals surface area contributed by atoms with Gasteiger partial charge in [-0.05, 0) is 84.3 Å². The van der Waals surface area contributed by atoms with Gasteiger partial charge < -0.3 is 29.7 Å². The maximum absolute atomic E-state index is 14.6. The number of rotatable bonds is 7. The monoisotopic (exact) mass is 815 g/mol. The number of alkyl carbamates (subject to hydrolysis) is 1. The van der Waals surface area contributed by atoms with Gasteiger partial charge >= 0.3 is 18.2 Å². The van der Waals surface area contributed by atoms with E-state index >= 15 is 0 Å². The third-order valence-corrected chi connectivity index (χ3v) is 12.5. The molecule has 5 amide bonds. The van der Waals surface area contributed by atoms with Gasteiger partial charge in [0.05, 0.1) is 18.3 Å². The van der Waals surface area contributed by atoms with E-state index < -0.39 is 98.3 Å². The lowest BCUT2D eigenvalue weighted by Crippen LogP contribution is -2.58. The highest BCUT2D eigenvalue weighted by atomic mass is 32.2. The van der Waals surface area contributed by atoms with Crippen LogP contribution in [0.2, 0.25) is 0 Å². The Kier molecular flexibility index (Phi) is 12.0. The number of carbonyl (C=O) groups excluding carboxylic acids is 6. The summed E-state index contributed by atoms with van der Waals surface area (Å²) in [5.74, 6) is -4.12. The molecule has 1 unspecified atom stereocenters. The lowest BCUT2D eigenvalue weighted by atomic mass is 10.0. The Labute approximate surface area is 330 Å². The zero-order valence-electron chi connectivity index (χ0n) is 32.5. The highest BCUT2D eigenvalue weighted by Gasteiger charge is 2.62. The third-order valence-electron chi connectivity index (χ3n) is 10.6. The number of allylic oxidation sites excluding steroid dienone is 2. The van der Waals surface area contributed by atoms with Crippen LogP contribution in [0.4, 0.5) is 14.0 Å². The number of carbonyl (C=O) groups is 6. The van der Waals surface area contributed by atoms with Crippen LogP contribution in [0.25, 0.3) is 0 Å². The maximum atomic E-state index is 14.6. The normalized spacial score (nSPS) is 27.9. The summed E-state index contributed by atoms with van der Waals surface area (Å²) in [7, 11) is -4.00. The molecule has 3 heterocycles. The summed E-state index contributed by atoms with van der Waals surface area (Å²) in [5.41, 5.74) is -1.63. The van der Waals surface area contributed by atoms with Crippen molar-refractivity contribution >= 4 is 45.9 Å². The smallest absolute Gasteiger partial charge is 0.410 e. The van der Waals surface area contributed by atoms with Crippen LogP contribution >= 0.6 is 0 Å². The summed E-state index contributed by atoms with van der Waals surface area (Å²) in [6, 6.07) is 1.90. The van der Waals surface area contributed by atoms with Gasteiger partial charge in [-0.3, -0.25) is 24.0 Å². The van der Waals surface area contributed by atoms with E-state index in [2.05, 4.69) is 15.4 Å². The van der Waals surface area contributed by atoms with E-state index in [1.54, 1.807) is 52.0 Å². The van der Waals surface area contributed by atoms with Gasteiger partial charge in [-0.1, -0.05) is 30.4 Å². The topological polar surface area (TPSA) is 207 Å². The van der Waals surface area contributed by atoms with E-state index in [1.165, 1.54) is 23.1 Å². The SMILES string of the molecule is CC=CC(=O)OC1CCC=C[C@@H]2C[C@@]2(C(=O)NS(=O)(=O)C2CC2)NC(=O)[C@@H]2C[C@@H](OC(=O)N3Cc4cccc(F)c4C3)CN2C(=O)[C@@H](NC(=O)OC(C)(C)C)CC1. The quantitative estimate of drug-likeness (QED) is 0.158. The fraction of sp³-hybridized carbons (Fsp3) is 0.590. The molecule has 16 nitrogen and oxygen atoms in total. The Morgan fingerprint density at radius 2 is 1.77 bits per heavy atom. The average molecular weight is 816 g/mol. The molecule has 6 rings (SSSR count). The summed E-state index contributed by atoms with van der Waals surface area (Å²) in [5, 5.41) is 4.65. The number of halogens is 1. The molecule has 0 spiro atoms. The van der Waals surface area contributed by atoms with Crippen LogP contribution < -0.4 is 15.4 Å². The van der Waals surface area contributed by atoms with E-state index in [4.69, 9.17) is 14.2 Å². The second kappa shape index (κ2) is 16.5. The van der Waals surface area contributed by atoms with Crippen LogP contribution in [0, 0.1) is 11.7 Å². The minimum Gasteiger partial charge on any atom is -0.459 e. The molecule has 1 aromatic rings. The molecule has 3 N–H and O–H groups in total. The van der Waals surface area contributed by atoms with Crippen molar-refractivity contribution in [2.45, 2.75) is 133 Å². The number of nitrogens with one attached hydrogen (secondary N) is 3. The molecule has 1 aromatic carbocycles. The first-order valence-corrected chi connectivity index (χ1v) is 20.8. The second-order valence-corrected chi connectivity index (χ2v) is 18.2. The van der Waals surface area contributed by atoms with E-state index in [9.17, 15) is 41.6 Å². The molecular weight excluding hydrogens is 766 g/mol. The van der Waals surface area contributed by atoms with Crippen LogP contribution in [0.3, 0.4) is 0 Å². The molecule has 0 radical (unpaired) electrons. The van der Waals surface area contributed by atoms with Gasteiger partial charge in [0.1, 0.15) is 41.2 Å². The summed E-state index contributed by atoms with van der Waals surface area (Å²) < 4.78 is 59.3. The minimum absolute atomic E-state index is 0.0436. The van der Waals surface area contributed by atoms with Crippen molar-refractivity contribution < 1.29 is 55.8 Å². The highest BCUT2D eigenvalue weighted by Crippen LogP contribution is 2.46. The Morgan fingerprint density at radius 3 is 2.46 bits per heavy atom. The summed E-state index contributed by atoms with van der Waals surface area (Å²) >= 11 is 0. The van der Waals surface area contributed by atoms with Gasteiger partial charge in [-0.25, -0.2) is 27.2 Å². The fourth-order valence-electron chi connectivity index (χ4n) is 7.47. The molecule has 3 aliphatic heterocycles. The van der Waals surface area contributed by atoms with Crippen LogP contribution in [0.15, 0.2) is 42.5 Å². The molecule has 2 aliphatic carbocycles. The number of nitrogens with zero attached hydrogens (tertiary/aromatic N) is 2. The average Bonchev–Trinajstić information content (AvgIpc) is 4.01. The van der Waals surface area contributed by atoms with Crippen molar-refractivity contribution in [1.82, 2.24) is 25.2 Å². The molecule has 0 aromatic heterocycles. The van der Waals surface area contributed by atoms with E-state index in [-0.39, 0.29) is 45.3 Å². The molecular formula is C39H50FN5O11S. The minimum atomic E-state index is -4.00. The predicted octanol–water partition coefficient (Wildman–Crippen LogP) is 3.24. The number of ether oxygens (including phenoxy) is 3. The Morgan fingerprint density at radius 1 is 1.02 bits per heavy atom.